The number of aromatic nitrogens is 6. The van der Waals surface area contributed by atoms with Crippen molar-refractivity contribution in [2.75, 3.05) is 0 Å². The summed E-state index contributed by atoms with van der Waals surface area (Å²) in [5, 5.41) is 5.73. The van der Waals surface area contributed by atoms with Crippen molar-refractivity contribution in [2.24, 2.45) is 0 Å². The van der Waals surface area contributed by atoms with Gasteiger partial charge in [0.1, 0.15) is 11.2 Å². The van der Waals surface area contributed by atoms with Crippen LogP contribution < -0.4 is 0 Å². The smallest absolute Gasteiger partial charge is 0.238 e. The molecule has 0 N–H and O–H groups in total. The zero-order chi connectivity index (χ0) is 31.9. The molecule has 0 saturated heterocycles. The number of benzene rings is 6. The number of aryl methyl sites for hydroxylation is 2. The summed E-state index contributed by atoms with van der Waals surface area (Å²) in [4.78, 5) is 20.8. The molecule has 4 aromatic heterocycles. The van der Waals surface area contributed by atoms with Crippen molar-refractivity contribution in [1.82, 2.24) is 28.9 Å². The highest BCUT2D eigenvalue weighted by Crippen LogP contribution is 2.39. The second kappa shape index (κ2) is 10.0. The fourth-order valence-electron chi connectivity index (χ4n) is 7.16. The predicted molar refractivity (Wildman–Crippen MR) is 196 cm³/mol. The van der Waals surface area contributed by atoms with Gasteiger partial charge in [0, 0.05) is 32.7 Å². The number of hydrogen-bond acceptors (Lipinski definition) is 4. The molecule has 0 bridgehead atoms. The normalized spacial score (nSPS) is 12.0. The molecule has 0 aliphatic rings. The number of hydrogen-bond donors (Lipinski definition) is 0. The van der Waals surface area contributed by atoms with Crippen LogP contribution in [0, 0.1) is 13.8 Å². The van der Waals surface area contributed by atoms with Crippen LogP contribution in [-0.4, -0.2) is 28.9 Å². The van der Waals surface area contributed by atoms with Crippen LogP contribution in [0.15, 0.2) is 133 Å². The first-order valence-electron chi connectivity index (χ1n) is 16.2. The van der Waals surface area contributed by atoms with Crippen LogP contribution in [0.2, 0.25) is 0 Å². The van der Waals surface area contributed by atoms with Gasteiger partial charge in [0.15, 0.2) is 11.6 Å². The third kappa shape index (κ3) is 3.86. The van der Waals surface area contributed by atoms with Gasteiger partial charge in [0.05, 0.1) is 22.1 Å². The summed E-state index contributed by atoms with van der Waals surface area (Å²) in [6.07, 6.45) is 0. The predicted octanol–water partition coefficient (Wildman–Crippen LogP) is 10.0. The summed E-state index contributed by atoms with van der Waals surface area (Å²) in [6.45, 7) is 4.18. The highest BCUT2D eigenvalue weighted by Gasteiger charge is 2.22. The monoisotopic (exact) mass is 616 g/mol. The molecule has 4 heterocycles. The lowest BCUT2D eigenvalue weighted by molar-refractivity contribution is 0.954. The highest BCUT2D eigenvalue weighted by molar-refractivity contribution is 6.20. The minimum atomic E-state index is 0.557. The number of imidazole rings is 1. The van der Waals surface area contributed by atoms with Crippen LogP contribution >= 0.6 is 0 Å². The van der Waals surface area contributed by atoms with Gasteiger partial charge in [-0.2, -0.15) is 9.97 Å². The number of rotatable bonds is 3. The number of para-hydroxylation sites is 2. The van der Waals surface area contributed by atoms with Gasteiger partial charge in [-0.1, -0.05) is 120 Å². The maximum atomic E-state index is 5.45. The summed E-state index contributed by atoms with van der Waals surface area (Å²) in [5.41, 5.74) is 10.2. The van der Waals surface area contributed by atoms with E-state index in [-0.39, 0.29) is 0 Å². The van der Waals surface area contributed by atoms with Crippen LogP contribution in [0.4, 0.5) is 0 Å². The topological polar surface area (TPSA) is 60.9 Å². The van der Waals surface area contributed by atoms with Crippen molar-refractivity contribution in [2.45, 2.75) is 13.8 Å². The SMILES string of the molecule is Cc1ccc(-c2nc(-c3ccc(C)cc3)nc(-n3c4ccccc4c4ccc5c(nc6c7ccccc7c7ccccc7n56)c43)n2)cc1. The first-order valence-corrected chi connectivity index (χ1v) is 16.2. The lowest BCUT2D eigenvalue weighted by Crippen LogP contribution is -2.06. The van der Waals surface area contributed by atoms with E-state index in [0.29, 0.717) is 17.6 Å². The van der Waals surface area contributed by atoms with Crippen LogP contribution in [-0.2, 0) is 0 Å². The second-order valence-corrected chi connectivity index (χ2v) is 12.5. The molecule has 6 heteroatoms. The average Bonchev–Trinajstić information content (AvgIpc) is 3.69. The fraction of sp³-hybridized carbons (Fsp3) is 0.0476. The van der Waals surface area contributed by atoms with Crippen molar-refractivity contribution >= 4 is 60.2 Å². The van der Waals surface area contributed by atoms with Crippen molar-refractivity contribution in [3.05, 3.63) is 145 Å². The Balaban J connectivity index is 1.37. The zero-order valence-corrected chi connectivity index (χ0v) is 26.4. The molecule has 0 unspecified atom stereocenters. The molecule has 48 heavy (non-hydrogen) atoms. The third-order valence-corrected chi connectivity index (χ3v) is 9.51. The first-order chi connectivity index (χ1) is 23.6. The molecular weight excluding hydrogens is 589 g/mol. The third-order valence-electron chi connectivity index (χ3n) is 9.51. The molecule has 0 amide bonds. The van der Waals surface area contributed by atoms with Gasteiger partial charge in [-0.05, 0) is 43.5 Å². The minimum absolute atomic E-state index is 0.557. The van der Waals surface area contributed by atoms with Crippen molar-refractivity contribution in [1.29, 1.82) is 0 Å². The Morgan fingerprint density at radius 1 is 0.417 bits per heavy atom. The van der Waals surface area contributed by atoms with Crippen molar-refractivity contribution < 1.29 is 0 Å². The molecule has 0 atom stereocenters. The molecule has 10 aromatic rings. The Morgan fingerprint density at radius 3 is 1.60 bits per heavy atom. The van der Waals surface area contributed by atoms with E-state index in [1.807, 2.05) is 0 Å². The zero-order valence-electron chi connectivity index (χ0n) is 26.4. The molecule has 0 radical (unpaired) electrons. The average molecular weight is 617 g/mol. The molecule has 6 nitrogen and oxygen atoms in total. The van der Waals surface area contributed by atoms with E-state index in [4.69, 9.17) is 19.9 Å². The summed E-state index contributed by atoms with van der Waals surface area (Å²) in [6, 6.07) is 46.7. The Hall–Kier alpha value is -6.40. The molecule has 0 aliphatic heterocycles. The molecule has 0 saturated carbocycles. The van der Waals surface area contributed by atoms with E-state index in [9.17, 15) is 0 Å². The second-order valence-electron chi connectivity index (χ2n) is 12.5. The van der Waals surface area contributed by atoms with Crippen LogP contribution in [0.5, 0.6) is 0 Å². The number of nitrogens with zero attached hydrogens (tertiary/aromatic N) is 6. The van der Waals surface area contributed by atoms with Gasteiger partial charge in [0.25, 0.3) is 0 Å². The van der Waals surface area contributed by atoms with E-state index in [1.165, 1.54) is 21.9 Å². The van der Waals surface area contributed by atoms with Crippen molar-refractivity contribution in [3.8, 4) is 28.7 Å². The lowest BCUT2D eigenvalue weighted by Gasteiger charge is -2.11. The van der Waals surface area contributed by atoms with Gasteiger partial charge < -0.3 is 0 Å². The van der Waals surface area contributed by atoms with Crippen LogP contribution in [0.3, 0.4) is 0 Å². The maximum Gasteiger partial charge on any atom is 0.238 e. The van der Waals surface area contributed by atoms with Gasteiger partial charge >= 0.3 is 0 Å². The highest BCUT2D eigenvalue weighted by atomic mass is 15.2. The largest absolute Gasteiger partial charge is 0.292 e. The van der Waals surface area contributed by atoms with E-state index in [1.54, 1.807) is 0 Å². The van der Waals surface area contributed by atoms with Gasteiger partial charge in [-0.3, -0.25) is 8.97 Å². The van der Waals surface area contributed by atoms with E-state index in [2.05, 4.69) is 156 Å². The van der Waals surface area contributed by atoms with Crippen molar-refractivity contribution in [3.63, 3.8) is 0 Å². The Morgan fingerprint density at radius 2 is 0.958 bits per heavy atom. The van der Waals surface area contributed by atoms with Crippen LogP contribution in [0.25, 0.3) is 88.9 Å². The van der Waals surface area contributed by atoms with E-state index in [0.717, 1.165) is 60.5 Å². The van der Waals surface area contributed by atoms with Gasteiger partial charge in [-0.15, -0.1) is 0 Å². The molecule has 0 fully saturated rings. The fourth-order valence-corrected chi connectivity index (χ4v) is 7.16. The maximum absolute atomic E-state index is 5.45. The Bertz CT molecular complexity index is 2830. The summed E-state index contributed by atoms with van der Waals surface area (Å²) >= 11 is 0. The molecule has 6 aromatic carbocycles. The Labute approximate surface area is 275 Å². The van der Waals surface area contributed by atoms with Gasteiger partial charge in [-0.25, -0.2) is 9.97 Å². The standard InChI is InChI=1S/C42H28N6/c1-25-15-19-27(20-16-25)39-44-40(28-21-17-26(2)18-22-28)46-42(45-39)48-35-14-8-6-11-31(35)32-23-24-36-37(38(32)48)43-41-33-12-4-3-9-29(33)30-10-5-7-13-34(30)47(36)41/h3-24H,1-2H3. The van der Waals surface area contributed by atoms with E-state index < -0.39 is 0 Å². The lowest BCUT2D eigenvalue weighted by atomic mass is 10.1. The van der Waals surface area contributed by atoms with E-state index >= 15 is 0 Å². The quantitative estimate of drug-likeness (QED) is 0.185. The minimum Gasteiger partial charge on any atom is -0.292 e. The first kappa shape index (κ1) is 26.8. The Kier molecular flexibility index (Phi) is 5.61. The molecule has 10 rings (SSSR count). The molecule has 226 valence electrons. The molecule has 0 spiro atoms. The van der Waals surface area contributed by atoms with Crippen LogP contribution in [0.1, 0.15) is 11.1 Å². The summed E-state index contributed by atoms with van der Waals surface area (Å²) in [5.74, 6) is 1.81. The summed E-state index contributed by atoms with van der Waals surface area (Å²) in [7, 11) is 0. The number of pyridine rings is 1. The molecular formula is C42H28N6. The van der Waals surface area contributed by atoms with Gasteiger partial charge in [0.2, 0.25) is 5.95 Å². The number of fused-ring (bicyclic) bond motifs is 12. The summed E-state index contributed by atoms with van der Waals surface area (Å²) < 4.78 is 4.48. The molecule has 0 aliphatic carbocycles.